The maximum atomic E-state index is 12.3. The van der Waals surface area contributed by atoms with E-state index in [0.29, 0.717) is 11.4 Å². The Morgan fingerprint density at radius 1 is 1.30 bits per heavy atom. The predicted molar refractivity (Wildman–Crippen MR) is 147 cm³/mol. The molecular formula is C26H46N4O2S. The van der Waals surface area contributed by atoms with Crippen LogP contribution in [0.3, 0.4) is 0 Å². The van der Waals surface area contributed by atoms with Crippen molar-refractivity contribution in [1.82, 2.24) is 5.01 Å². The van der Waals surface area contributed by atoms with Crippen molar-refractivity contribution in [3.8, 4) is 0 Å². The van der Waals surface area contributed by atoms with Crippen molar-refractivity contribution < 1.29 is 9.53 Å². The second-order valence-electron chi connectivity index (χ2n) is 7.62. The van der Waals surface area contributed by atoms with Gasteiger partial charge in [-0.3, -0.25) is 10.0 Å². The van der Waals surface area contributed by atoms with Gasteiger partial charge in [0.05, 0.1) is 12.8 Å². The zero-order valence-corrected chi connectivity index (χ0v) is 22.8. The van der Waals surface area contributed by atoms with Crippen molar-refractivity contribution in [1.29, 1.82) is 0 Å². The minimum Gasteiger partial charge on any atom is -0.465 e. The number of hydrogen-bond donors (Lipinski definition) is 1. The Hall–Kier alpha value is -2.15. The molecule has 1 unspecified atom stereocenters. The van der Waals surface area contributed by atoms with Gasteiger partial charge in [0.25, 0.3) is 0 Å². The van der Waals surface area contributed by atoms with Gasteiger partial charge in [-0.1, -0.05) is 53.5 Å². The summed E-state index contributed by atoms with van der Waals surface area (Å²) in [6.45, 7) is 14.7. The Kier molecular flexibility index (Phi) is 18.1. The lowest BCUT2D eigenvalue weighted by Gasteiger charge is -2.21. The van der Waals surface area contributed by atoms with Crippen LogP contribution >= 0.6 is 11.3 Å². The number of thiophene rings is 1. The maximum absolute atomic E-state index is 12.3. The third-order valence-electron chi connectivity index (χ3n) is 4.84. The molecule has 0 saturated heterocycles. The van der Waals surface area contributed by atoms with E-state index in [4.69, 9.17) is 4.74 Å². The number of methoxy groups -OCH3 is 1. The number of anilines is 1. The highest BCUT2D eigenvalue weighted by Crippen LogP contribution is 2.37. The van der Waals surface area contributed by atoms with Crippen LogP contribution in [0.4, 0.5) is 5.69 Å². The van der Waals surface area contributed by atoms with E-state index in [9.17, 15) is 4.79 Å². The van der Waals surface area contributed by atoms with Crippen LogP contribution in [0.25, 0.3) is 5.57 Å². The molecule has 6 nitrogen and oxygen atoms in total. The third-order valence-corrected chi connectivity index (χ3v) is 6.03. The standard InChI is InChI=1S/C21H32N4O2S.C3H8.C2H6/c1-5-9-17(12-13-25(23-3)15-22-2)24-18-14-19(16-10-7-6-8-11-16)28-20(18)21(26)27-4;1-3-2;1-2/h10,14-15,17,24H,3,5-9,11-13H2,1-2,4H3;3H2,1-2H3;1-2H3. The smallest absolute Gasteiger partial charge is 0.350 e. The van der Waals surface area contributed by atoms with Crippen molar-refractivity contribution in [2.45, 2.75) is 92.0 Å². The van der Waals surface area contributed by atoms with Gasteiger partial charge in [-0.25, -0.2) is 4.79 Å². The molecule has 188 valence electrons. The van der Waals surface area contributed by atoms with Crippen molar-refractivity contribution in [2.75, 3.05) is 26.0 Å². The Morgan fingerprint density at radius 3 is 2.52 bits per heavy atom. The van der Waals surface area contributed by atoms with E-state index in [1.807, 2.05) is 13.8 Å². The molecule has 1 heterocycles. The SMILES string of the molecule is C=NN(C=NC)CCC(CCC)Nc1cc(C2=CCCCC2)sc1C(=O)OC.CC.CCC. The van der Waals surface area contributed by atoms with Gasteiger partial charge < -0.3 is 10.1 Å². The van der Waals surface area contributed by atoms with E-state index in [2.05, 4.69) is 55.0 Å². The molecule has 1 aromatic rings. The highest BCUT2D eigenvalue weighted by molar-refractivity contribution is 7.15. The molecule has 1 atom stereocenters. The van der Waals surface area contributed by atoms with E-state index in [1.54, 1.807) is 18.4 Å². The molecule has 0 fully saturated rings. The molecule has 0 bridgehead atoms. The highest BCUT2D eigenvalue weighted by atomic mass is 32.1. The molecular weight excluding hydrogens is 432 g/mol. The fourth-order valence-corrected chi connectivity index (χ4v) is 4.51. The number of allylic oxidation sites excluding steroid dienone is 2. The summed E-state index contributed by atoms with van der Waals surface area (Å²) < 4.78 is 5.03. The molecule has 1 N–H and O–H groups in total. The number of nitrogens with zero attached hydrogens (tertiary/aromatic N) is 3. The summed E-state index contributed by atoms with van der Waals surface area (Å²) in [5, 5.41) is 9.30. The monoisotopic (exact) mass is 478 g/mol. The summed E-state index contributed by atoms with van der Waals surface area (Å²) in [6, 6.07) is 2.35. The zero-order chi connectivity index (χ0) is 25.1. The first kappa shape index (κ1) is 30.9. The fraction of sp³-hybridized carbons (Fsp3) is 0.654. The molecule has 0 aliphatic heterocycles. The lowest BCUT2D eigenvalue weighted by molar-refractivity contribution is 0.0607. The third kappa shape index (κ3) is 11.5. The number of aliphatic imine (C=N–C) groups is 1. The van der Waals surface area contributed by atoms with Crippen molar-refractivity contribution in [2.24, 2.45) is 10.1 Å². The zero-order valence-electron chi connectivity index (χ0n) is 21.9. The summed E-state index contributed by atoms with van der Waals surface area (Å²) in [4.78, 5) is 18.2. The van der Waals surface area contributed by atoms with Gasteiger partial charge in [0.2, 0.25) is 0 Å². The molecule has 1 aromatic heterocycles. The first-order valence-electron chi connectivity index (χ1n) is 12.4. The number of rotatable bonds is 11. The highest BCUT2D eigenvalue weighted by Gasteiger charge is 2.21. The van der Waals surface area contributed by atoms with Gasteiger partial charge in [0, 0.05) is 31.2 Å². The Balaban J connectivity index is 0.00000189. The topological polar surface area (TPSA) is 66.3 Å². The number of carbonyl (C=O) groups excluding carboxylic acids is 1. The van der Waals surface area contributed by atoms with Crippen molar-refractivity contribution >= 4 is 41.6 Å². The maximum Gasteiger partial charge on any atom is 0.350 e. The van der Waals surface area contributed by atoms with Gasteiger partial charge in [-0.2, -0.15) is 5.10 Å². The van der Waals surface area contributed by atoms with E-state index in [0.717, 1.165) is 37.8 Å². The Bertz CT molecular complexity index is 728. The molecule has 2 rings (SSSR count). The number of carbonyl (C=O) groups is 1. The minimum absolute atomic E-state index is 0.227. The number of esters is 1. The average Bonchev–Trinajstić information content (AvgIpc) is 3.27. The number of hydrogen-bond acceptors (Lipinski definition) is 6. The normalized spacial score (nSPS) is 13.6. The molecule has 33 heavy (non-hydrogen) atoms. The van der Waals surface area contributed by atoms with Gasteiger partial charge >= 0.3 is 5.97 Å². The second-order valence-corrected chi connectivity index (χ2v) is 8.68. The molecule has 1 aliphatic rings. The van der Waals surface area contributed by atoms with Gasteiger partial charge in [-0.15, -0.1) is 11.3 Å². The quantitative estimate of drug-likeness (QED) is 0.155. The molecule has 0 amide bonds. The van der Waals surface area contributed by atoms with Crippen LogP contribution in [0.1, 0.15) is 101 Å². The van der Waals surface area contributed by atoms with E-state index < -0.39 is 0 Å². The van der Waals surface area contributed by atoms with Crippen molar-refractivity contribution in [3.05, 3.63) is 21.9 Å². The van der Waals surface area contributed by atoms with Crippen LogP contribution in [0.2, 0.25) is 0 Å². The molecule has 0 saturated carbocycles. The molecule has 0 aromatic carbocycles. The molecule has 0 spiro atoms. The first-order valence-corrected chi connectivity index (χ1v) is 13.2. The minimum atomic E-state index is -0.280. The fourth-order valence-electron chi connectivity index (χ4n) is 3.41. The van der Waals surface area contributed by atoms with Crippen LogP contribution in [0.15, 0.2) is 22.2 Å². The van der Waals surface area contributed by atoms with Crippen molar-refractivity contribution in [3.63, 3.8) is 0 Å². The summed E-state index contributed by atoms with van der Waals surface area (Å²) in [7, 11) is 3.15. The van der Waals surface area contributed by atoms with Crippen LogP contribution < -0.4 is 5.32 Å². The first-order chi connectivity index (χ1) is 16.0. The number of ether oxygens (including phenoxy) is 1. The predicted octanol–water partition coefficient (Wildman–Crippen LogP) is 7.48. The van der Waals surface area contributed by atoms with E-state index in [1.165, 1.54) is 48.2 Å². The summed E-state index contributed by atoms with van der Waals surface area (Å²) >= 11 is 1.53. The lowest BCUT2D eigenvalue weighted by Crippen LogP contribution is -2.26. The summed E-state index contributed by atoms with van der Waals surface area (Å²) in [5.41, 5.74) is 2.22. The largest absolute Gasteiger partial charge is 0.465 e. The van der Waals surface area contributed by atoms with E-state index >= 15 is 0 Å². The van der Waals surface area contributed by atoms with Crippen LogP contribution in [-0.2, 0) is 4.74 Å². The van der Waals surface area contributed by atoms with Crippen LogP contribution in [0, 0.1) is 0 Å². The molecule has 1 aliphatic carbocycles. The Morgan fingerprint density at radius 2 is 2.00 bits per heavy atom. The second kappa shape index (κ2) is 19.3. The average molecular weight is 479 g/mol. The van der Waals surface area contributed by atoms with Crippen LogP contribution in [-0.4, -0.2) is 50.8 Å². The van der Waals surface area contributed by atoms with Crippen LogP contribution in [0.5, 0.6) is 0 Å². The summed E-state index contributed by atoms with van der Waals surface area (Å²) in [6.07, 6.45) is 12.8. The van der Waals surface area contributed by atoms with Gasteiger partial charge in [-0.05, 0) is 50.2 Å². The number of nitrogens with one attached hydrogen (secondary N) is 1. The van der Waals surface area contributed by atoms with Gasteiger partial charge in [0.15, 0.2) is 0 Å². The molecule has 7 heteroatoms. The summed E-state index contributed by atoms with van der Waals surface area (Å²) in [5.74, 6) is -0.280. The molecule has 0 radical (unpaired) electrons. The Labute approximate surface area is 206 Å². The van der Waals surface area contributed by atoms with E-state index in [-0.39, 0.29) is 12.0 Å². The lowest BCUT2D eigenvalue weighted by atomic mass is 9.98. The van der Waals surface area contributed by atoms with Gasteiger partial charge in [0.1, 0.15) is 11.2 Å². The number of hydrazone groups is 1.